The topological polar surface area (TPSA) is 145 Å². The van der Waals surface area contributed by atoms with Crippen LogP contribution in [0.3, 0.4) is 0 Å². The van der Waals surface area contributed by atoms with Crippen LogP contribution in [0.5, 0.6) is 11.5 Å². The Morgan fingerprint density at radius 1 is 0.396 bits per heavy atom. The first-order chi connectivity index (χ1) is 25.5. The molecule has 9 aliphatic rings. The molecule has 5 aromatic rings. The Labute approximate surface area is 305 Å². The maximum atomic E-state index is 12.6. The van der Waals surface area contributed by atoms with Crippen molar-refractivity contribution in [1.82, 2.24) is 0 Å². The van der Waals surface area contributed by atoms with Gasteiger partial charge in [0, 0.05) is 69.6 Å². The molecular weight excluding hydrogens is 706 g/mol. The second kappa shape index (κ2) is 9.62. The molecule has 8 nitrogen and oxygen atoms in total. The largest absolute Gasteiger partial charge is 0.780 e. The normalized spacial score (nSPS) is 28.9. The SMILES string of the molecule is O=P([O-])([O-])Oc1c2c(c(OP(=O)([O-])[O-])c3c1[C@@H]1C[C@H]3c3cc4c(cc31)[C@H]1C[C@H]4c3ccccc31)C1CC2c2cc3c(cc21)C1CCC3c2ccccc21. The van der Waals surface area contributed by atoms with E-state index < -0.39 is 15.6 Å². The first-order valence-corrected chi connectivity index (χ1v) is 21.6. The number of benzene rings is 5. The molecule has 264 valence electrons. The summed E-state index contributed by atoms with van der Waals surface area (Å²) in [6.07, 6.45) is 4.20. The van der Waals surface area contributed by atoms with Crippen LogP contribution in [0.25, 0.3) is 0 Å². The molecule has 0 saturated carbocycles. The van der Waals surface area contributed by atoms with Crippen molar-refractivity contribution in [3.63, 3.8) is 0 Å². The lowest BCUT2D eigenvalue weighted by Crippen LogP contribution is -2.26. The Balaban J connectivity index is 1.03. The molecule has 0 radical (unpaired) electrons. The summed E-state index contributed by atoms with van der Waals surface area (Å²) < 4.78 is 36.4. The third kappa shape index (κ3) is 3.73. The monoisotopic (exact) mass is 736 g/mol. The Bertz CT molecular complexity index is 2510. The van der Waals surface area contributed by atoms with Gasteiger partial charge in [0.05, 0.1) is 0 Å². The molecule has 4 unspecified atom stereocenters. The molecule has 0 fully saturated rings. The summed E-state index contributed by atoms with van der Waals surface area (Å²) in [4.78, 5) is 50.6. The minimum absolute atomic E-state index is 0.0237. The van der Waals surface area contributed by atoms with Crippen molar-refractivity contribution in [2.24, 2.45) is 0 Å². The lowest BCUT2D eigenvalue weighted by Gasteiger charge is -2.42. The maximum absolute atomic E-state index is 12.6. The van der Waals surface area contributed by atoms with E-state index in [9.17, 15) is 28.7 Å². The standard InChI is InChI=1S/C43H34O8P2/c44-52(45,46)50-42-38-34-16-35(31-13-27-23-10-9-22(26(27)12-30(31)34)18-5-1-2-6-19(18)23)39(38)43(51-53(47,48)49)41-37-17-36(40(41)42)32-14-28-24-11-25(29(28)15-33(32)37)21-8-4-3-7-20(21)24/h1-8,12-15,22-25,34-37H,9-11,16-17H2,(H2,44,45,46)(H2,47,48,49)/p-4/t22?,23?,24-,25-,34?,35?,36-,37+/m0/s1. The van der Waals surface area contributed by atoms with Gasteiger partial charge in [0.25, 0.3) is 0 Å². The van der Waals surface area contributed by atoms with Gasteiger partial charge in [-0.1, -0.05) is 72.8 Å². The summed E-state index contributed by atoms with van der Waals surface area (Å²) >= 11 is 0. The fourth-order valence-electron chi connectivity index (χ4n) is 13.1. The van der Waals surface area contributed by atoms with Crippen molar-refractivity contribution in [3.05, 3.63) is 162 Å². The van der Waals surface area contributed by atoms with Crippen molar-refractivity contribution in [3.8, 4) is 11.5 Å². The van der Waals surface area contributed by atoms with E-state index in [-0.39, 0.29) is 58.8 Å². The smallest absolute Gasteiger partial charge is 0.132 e. The molecule has 9 aliphatic carbocycles. The molecule has 0 spiro atoms. The lowest BCUT2D eigenvalue weighted by molar-refractivity contribution is -0.336. The molecule has 0 N–H and O–H groups in total. The number of rotatable bonds is 4. The lowest BCUT2D eigenvalue weighted by atomic mass is 9.62. The van der Waals surface area contributed by atoms with Gasteiger partial charge in [-0.2, -0.15) is 0 Å². The van der Waals surface area contributed by atoms with Crippen LogP contribution in [0.2, 0.25) is 0 Å². The van der Waals surface area contributed by atoms with Crippen molar-refractivity contribution < 1.29 is 37.8 Å². The number of fused-ring (bicyclic) bond motifs is 25. The van der Waals surface area contributed by atoms with Crippen molar-refractivity contribution >= 4 is 15.6 Å². The quantitative estimate of drug-likeness (QED) is 0.193. The second-order valence-electron chi connectivity index (χ2n) is 16.6. The Kier molecular flexibility index (Phi) is 5.51. The minimum Gasteiger partial charge on any atom is -0.780 e. The Morgan fingerprint density at radius 2 is 0.660 bits per heavy atom. The van der Waals surface area contributed by atoms with Gasteiger partial charge < -0.3 is 37.8 Å². The average Bonchev–Trinajstić information content (AvgIpc) is 3.98. The molecule has 8 bridgehead atoms. The molecular formula is C43H30O8P2-4. The van der Waals surface area contributed by atoms with Crippen molar-refractivity contribution in [2.75, 3.05) is 0 Å². The molecule has 0 saturated heterocycles. The van der Waals surface area contributed by atoms with Crippen LogP contribution < -0.4 is 28.6 Å². The van der Waals surface area contributed by atoms with Gasteiger partial charge in [0.1, 0.15) is 27.1 Å². The van der Waals surface area contributed by atoms with Crippen LogP contribution >= 0.6 is 15.6 Å². The summed E-state index contributed by atoms with van der Waals surface area (Å²) in [6, 6.07) is 26.3. The van der Waals surface area contributed by atoms with E-state index in [0.717, 1.165) is 41.5 Å². The van der Waals surface area contributed by atoms with Crippen molar-refractivity contribution in [2.45, 2.75) is 79.4 Å². The fourth-order valence-corrected chi connectivity index (χ4v) is 13.9. The third-order valence-electron chi connectivity index (χ3n) is 14.6. The zero-order valence-electron chi connectivity index (χ0n) is 28.2. The molecule has 0 heterocycles. The summed E-state index contributed by atoms with van der Waals surface area (Å²) in [5.41, 5.74) is 16.7. The molecule has 0 aromatic heterocycles. The van der Waals surface area contributed by atoms with Gasteiger partial charge in [0.2, 0.25) is 0 Å². The highest BCUT2D eigenvalue weighted by atomic mass is 31.2. The zero-order valence-corrected chi connectivity index (χ0v) is 30.0. The van der Waals surface area contributed by atoms with E-state index in [1.165, 1.54) is 44.5 Å². The summed E-state index contributed by atoms with van der Waals surface area (Å²) in [5, 5.41) is 0. The second-order valence-corrected chi connectivity index (χ2v) is 18.7. The van der Waals surface area contributed by atoms with Crippen LogP contribution in [0, 0.1) is 0 Å². The van der Waals surface area contributed by atoms with Gasteiger partial charge in [-0.15, -0.1) is 0 Å². The molecule has 53 heavy (non-hydrogen) atoms. The highest BCUT2D eigenvalue weighted by Gasteiger charge is 2.55. The Hall–Kier alpha value is -4.00. The van der Waals surface area contributed by atoms with Crippen LogP contribution in [0.4, 0.5) is 0 Å². The van der Waals surface area contributed by atoms with Crippen LogP contribution in [-0.2, 0) is 9.13 Å². The van der Waals surface area contributed by atoms with E-state index in [1.54, 1.807) is 0 Å². The predicted octanol–water partition coefficient (Wildman–Crippen LogP) is 6.42. The molecule has 5 aromatic carbocycles. The number of hydrogen-bond acceptors (Lipinski definition) is 8. The van der Waals surface area contributed by atoms with Gasteiger partial charge in [-0.25, -0.2) is 0 Å². The van der Waals surface area contributed by atoms with E-state index in [0.29, 0.717) is 35.1 Å². The van der Waals surface area contributed by atoms with Gasteiger partial charge in [-0.05, 0) is 98.9 Å². The van der Waals surface area contributed by atoms with Gasteiger partial charge >= 0.3 is 0 Å². The molecule has 0 amide bonds. The number of phosphoric acid groups is 2. The zero-order chi connectivity index (χ0) is 35.4. The molecule has 10 heteroatoms. The highest BCUT2D eigenvalue weighted by molar-refractivity contribution is 7.43. The molecule has 14 rings (SSSR count). The summed E-state index contributed by atoms with van der Waals surface area (Å²) in [5.74, 6) is -0.246. The van der Waals surface area contributed by atoms with E-state index in [1.807, 2.05) is 0 Å². The fraction of sp³-hybridized carbons (Fsp3) is 0.302. The van der Waals surface area contributed by atoms with E-state index in [4.69, 9.17) is 9.05 Å². The molecule has 0 aliphatic heterocycles. The third-order valence-corrected chi connectivity index (χ3v) is 15.4. The predicted molar refractivity (Wildman–Crippen MR) is 187 cm³/mol. The minimum atomic E-state index is -5.56. The first-order valence-electron chi connectivity index (χ1n) is 18.7. The van der Waals surface area contributed by atoms with Gasteiger partial charge in [-0.3, -0.25) is 0 Å². The first kappa shape index (κ1) is 30.3. The summed E-state index contributed by atoms with van der Waals surface area (Å²) in [6.45, 7) is 0. The maximum Gasteiger partial charge on any atom is 0.132 e. The Morgan fingerprint density at radius 3 is 0.981 bits per heavy atom. The van der Waals surface area contributed by atoms with Crippen LogP contribution in [0.15, 0.2) is 72.8 Å². The van der Waals surface area contributed by atoms with Gasteiger partial charge in [0.15, 0.2) is 0 Å². The van der Waals surface area contributed by atoms with Crippen LogP contribution in [0.1, 0.15) is 168 Å². The van der Waals surface area contributed by atoms with E-state index in [2.05, 4.69) is 72.8 Å². The van der Waals surface area contributed by atoms with E-state index >= 15 is 0 Å². The summed E-state index contributed by atoms with van der Waals surface area (Å²) in [7, 11) is -11.1. The highest BCUT2D eigenvalue weighted by Crippen LogP contribution is 2.72. The average molecular weight is 737 g/mol. The number of phosphoric ester groups is 2. The van der Waals surface area contributed by atoms with Crippen molar-refractivity contribution in [1.29, 1.82) is 0 Å². The number of hydrogen-bond donors (Lipinski definition) is 0. The van der Waals surface area contributed by atoms with Crippen LogP contribution in [-0.4, -0.2) is 0 Å². The molecule has 8 atom stereocenters.